The zero-order valence-corrected chi connectivity index (χ0v) is 10.2. The predicted octanol–water partition coefficient (Wildman–Crippen LogP) is 2.12. The van der Waals surface area contributed by atoms with E-state index in [2.05, 4.69) is 15.4 Å². The molecule has 1 heterocycles. The Morgan fingerprint density at radius 3 is 2.79 bits per heavy atom. The number of nitrogens with one attached hydrogen (secondary N) is 1. The molecule has 0 aliphatic carbocycles. The fraction of sp³-hybridized carbons (Fsp3) is 0. The van der Waals surface area contributed by atoms with E-state index < -0.39 is 4.92 Å². The quantitative estimate of drug-likeness (QED) is 0.501. The van der Waals surface area contributed by atoms with Crippen molar-refractivity contribution in [1.29, 1.82) is 0 Å². The van der Waals surface area contributed by atoms with Gasteiger partial charge in [0.25, 0.3) is 5.69 Å². The third-order valence-corrected chi connectivity index (χ3v) is 2.43. The zero-order chi connectivity index (χ0) is 13.8. The van der Waals surface area contributed by atoms with Crippen LogP contribution in [0.3, 0.4) is 0 Å². The molecule has 0 bridgehead atoms. The Morgan fingerprint density at radius 2 is 2.16 bits per heavy atom. The van der Waals surface area contributed by atoms with Gasteiger partial charge in [-0.15, -0.1) is 0 Å². The van der Waals surface area contributed by atoms with Crippen LogP contribution in [-0.2, 0) is 0 Å². The van der Waals surface area contributed by atoms with Crippen LogP contribution in [-0.4, -0.2) is 14.9 Å². The number of hydrogen-bond donors (Lipinski definition) is 2. The summed E-state index contributed by atoms with van der Waals surface area (Å²) in [6, 6.07) is 5.47. The highest BCUT2D eigenvalue weighted by atomic mass is 35.5. The number of nitro benzene ring substituents is 1. The monoisotopic (exact) mass is 281 g/mol. The Morgan fingerprint density at radius 1 is 1.37 bits per heavy atom. The maximum absolute atomic E-state index is 10.6. The Labute approximate surface area is 112 Å². The maximum Gasteiger partial charge on any atom is 0.288 e. The Kier molecular flexibility index (Phi) is 3.74. The highest BCUT2D eigenvalue weighted by Gasteiger charge is 2.13. The van der Waals surface area contributed by atoms with Crippen LogP contribution in [0.5, 0.6) is 11.6 Å². The number of halogens is 1. The lowest BCUT2D eigenvalue weighted by Crippen LogP contribution is -2.08. The molecule has 1 aromatic heterocycles. The van der Waals surface area contributed by atoms with Gasteiger partial charge in [0.15, 0.2) is 0 Å². The second-order valence-electron chi connectivity index (χ2n) is 3.36. The zero-order valence-electron chi connectivity index (χ0n) is 9.41. The van der Waals surface area contributed by atoms with Crippen molar-refractivity contribution < 1.29 is 9.66 Å². The lowest BCUT2D eigenvalue weighted by molar-refractivity contribution is -0.384. The average molecular weight is 282 g/mol. The van der Waals surface area contributed by atoms with Gasteiger partial charge in [-0.2, -0.15) is 0 Å². The van der Waals surface area contributed by atoms with E-state index in [9.17, 15) is 10.1 Å². The summed E-state index contributed by atoms with van der Waals surface area (Å²) in [5, 5.41) is 10.6. The van der Waals surface area contributed by atoms with E-state index in [1.807, 2.05) is 0 Å². The van der Waals surface area contributed by atoms with Gasteiger partial charge in [0, 0.05) is 18.2 Å². The molecule has 3 N–H and O–H groups in total. The van der Waals surface area contributed by atoms with E-state index in [1.165, 1.54) is 30.6 Å². The summed E-state index contributed by atoms with van der Waals surface area (Å²) < 4.78 is 5.38. The van der Waals surface area contributed by atoms with Gasteiger partial charge in [-0.05, 0) is 6.07 Å². The molecule has 0 fully saturated rings. The van der Waals surface area contributed by atoms with Crippen LogP contribution in [0.2, 0.25) is 5.02 Å². The highest BCUT2D eigenvalue weighted by Crippen LogP contribution is 2.30. The van der Waals surface area contributed by atoms with E-state index in [0.717, 1.165) is 0 Å². The highest BCUT2D eigenvalue weighted by molar-refractivity contribution is 6.32. The van der Waals surface area contributed by atoms with Crippen molar-refractivity contribution in [3.05, 3.63) is 45.7 Å². The lowest BCUT2D eigenvalue weighted by atomic mass is 10.3. The molecule has 2 rings (SSSR count). The van der Waals surface area contributed by atoms with Crippen LogP contribution in [0.1, 0.15) is 0 Å². The van der Waals surface area contributed by atoms with Crippen molar-refractivity contribution >= 4 is 23.1 Å². The molecular formula is C10H8ClN5O3. The number of nitro groups is 1. The minimum absolute atomic E-state index is 0.0197. The summed E-state index contributed by atoms with van der Waals surface area (Å²) in [5.41, 5.74) is 2.15. The van der Waals surface area contributed by atoms with Gasteiger partial charge >= 0.3 is 0 Å². The molecule has 9 heteroatoms. The van der Waals surface area contributed by atoms with Gasteiger partial charge in [-0.1, -0.05) is 11.6 Å². The van der Waals surface area contributed by atoms with E-state index in [-0.39, 0.29) is 16.6 Å². The van der Waals surface area contributed by atoms with Crippen LogP contribution in [0.4, 0.5) is 11.5 Å². The molecule has 1 aromatic carbocycles. The SMILES string of the molecule is NNc1cc(Oc2ccc([N+](=O)[O-])c(Cl)c2)ncn1. The van der Waals surface area contributed by atoms with Crippen molar-refractivity contribution in [3.63, 3.8) is 0 Å². The third-order valence-electron chi connectivity index (χ3n) is 2.13. The molecule has 0 atom stereocenters. The molecule has 0 amide bonds. The van der Waals surface area contributed by atoms with E-state index in [0.29, 0.717) is 11.6 Å². The molecule has 98 valence electrons. The number of anilines is 1. The smallest absolute Gasteiger partial charge is 0.288 e. The van der Waals surface area contributed by atoms with E-state index >= 15 is 0 Å². The minimum Gasteiger partial charge on any atom is -0.439 e. The molecule has 0 radical (unpaired) electrons. The lowest BCUT2D eigenvalue weighted by Gasteiger charge is -2.06. The molecular weight excluding hydrogens is 274 g/mol. The fourth-order valence-corrected chi connectivity index (χ4v) is 1.53. The molecule has 0 aliphatic rings. The molecule has 2 aromatic rings. The molecule has 0 unspecified atom stereocenters. The van der Waals surface area contributed by atoms with Crippen molar-refractivity contribution in [2.45, 2.75) is 0 Å². The summed E-state index contributed by atoms with van der Waals surface area (Å²) in [4.78, 5) is 17.7. The summed E-state index contributed by atoms with van der Waals surface area (Å²) in [7, 11) is 0. The number of nitrogens with zero attached hydrogens (tertiary/aromatic N) is 3. The maximum atomic E-state index is 10.6. The number of aromatic nitrogens is 2. The number of ether oxygens (including phenoxy) is 1. The first-order chi connectivity index (χ1) is 9.10. The number of benzene rings is 1. The largest absolute Gasteiger partial charge is 0.439 e. The number of hydrogen-bond acceptors (Lipinski definition) is 7. The van der Waals surface area contributed by atoms with Gasteiger partial charge < -0.3 is 10.2 Å². The van der Waals surface area contributed by atoms with Crippen molar-refractivity contribution in [3.8, 4) is 11.6 Å². The fourth-order valence-electron chi connectivity index (χ4n) is 1.29. The summed E-state index contributed by atoms with van der Waals surface area (Å²) in [5.74, 6) is 6.12. The Hall–Kier alpha value is -2.45. The van der Waals surface area contributed by atoms with Gasteiger partial charge in [0.1, 0.15) is 22.9 Å². The minimum atomic E-state index is -0.576. The van der Waals surface area contributed by atoms with Gasteiger partial charge in [0.2, 0.25) is 5.88 Å². The molecule has 0 aliphatic heterocycles. The molecule has 8 nitrogen and oxygen atoms in total. The normalized spacial score (nSPS) is 10.0. The van der Waals surface area contributed by atoms with Crippen LogP contribution < -0.4 is 16.0 Å². The van der Waals surface area contributed by atoms with Gasteiger partial charge in [-0.25, -0.2) is 15.8 Å². The molecule has 0 saturated carbocycles. The van der Waals surface area contributed by atoms with E-state index in [1.54, 1.807) is 0 Å². The average Bonchev–Trinajstić information content (AvgIpc) is 2.38. The number of nitrogens with two attached hydrogens (primary N) is 1. The third kappa shape index (κ3) is 3.06. The number of nitrogen functional groups attached to an aromatic ring is 1. The summed E-state index contributed by atoms with van der Waals surface area (Å²) >= 11 is 5.76. The summed E-state index contributed by atoms with van der Waals surface area (Å²) in [6.45, 7) is 0. The second-order valence-corrected chi connectivity index (χ2v) is 3.77. The van der Waals surface area contributed by atoms with Crippen LogP contribution in [0.25, 0.3) is 0 Å². The van der Waals surface area contributed by atoms with Crippen molar-refractivity contribution in [1.82, 2.24) is 9.97 Å². The van der Waals surface area contributed by atoms with Gasteiger partial charge in [0.05, 0.1) is 4.92 Å². The predicted molar refractivity (Wildman–Crippen MR) is 68.0 cm³/mol. The van der Waals surface area contributed by atoms with Crippen LogP contribution in [0, 0.1) is 10.1 Å². The standard InChI is InChI=1S/C10H8ClN5O3/c11-7-3-6(1-2-8(7)16(17)18)19-10-4-9(15-12)13-5-14-10/h1-5H,12H2,(H,13,14,15). The molecule has 19 heavy (non-hydrogen) atoms. The first-order valence-corrected chi connectivity index (χ1v) is 5.38. The topological polar surface area (TPSA) is 116 Å². The summed E-state index contributed by atoms with van der Waals surface area (Å²) in [6.07, 6.45) is 1.26. The van der Waals surface area contributed by atoms with Gasteiger partial charge in [-0.3, -0.25) is 10.1 Å². The Balaban J connectivity index is 2.23. The van der Waals surface area contributed by atoms with Crippen LogP contribution >= 0.6 is 11.6 Å². The van der Waals surface area contributed by atoms with Crippen molar-refractivity contribution in [2.24, 2.45) is 5.84 Å². The number of hydrazine groups is 1. The molecule has 0 saturated heterocycles. The Bertz CT molecular complexity index is 622. The first-order valence-electron chi connectivity index (χ1n) is 5.00. The first kappa shape index (κ1) is 13.0. The van der Waals surface area contributed by atoms with Crippen molar-refractivity contribution in [2.75, 3.05) is 5.43 Å². The molecule has 0 spiro atoms. The van der Waals surface area contributed by atoms with Crippen LogP contribution in [0.15, 0.2) is 30.6 Å². The van der Waals surface area contributed by atoms with E-state index in [4.69, 9.17) is 22.2 Å². The second kappa shape index (κ2) is 5.46. The number of rotatable bonds is 4.